The van der Waals surface area contributed by atoms with E-state index < -0.39 is 0 Å². The van der Waals surface area contributed by atoms with Gasteiger partial charge >= 0.3 is 0 Å². The third-order valence-corrected chi connectivity index (χ3v) is 5.30. The van der Waals surface area contributed by atoms with Crippen molar-refractivity contribution < 1.29 is 0 Å². The molecule has 0 aromatic heterocycles. The summed E-state index contributed by atoms with van der Waals surface area (Å²) in [7, 11) is 0. The molecule has 1 aliphatic carbocycles. The van der Waals surface area contributed by atoms with Crippen molar-refractivity contribution in [1.82, 2.24) is 0 Å². The molecule has 0 fully saturated rings. The van der Waals surface area contributed by atoms with Crippen LogP contribution in [-0.2, 0) is 0 Å². The summed E-state index contributed by atoms with van der Waals surface area (Å²) in [6.45, 7) is 14.8. The summed E-state index contributed by atoms with van der Waals surface area (Å²) in [5, 5.41) is 0. The van der Waals surface area contributed by atoms with Crippen molar-refractivity contribution in [1.29, 1.82) is 0 Å². The van der Waals surface area contributed by atoms with E-state index in [4.69, 9.17) is 0 Å². The number of unbranched alkanes of at least 4 members (excludes halogenated alkanes) is 1. The molecule has 0 amide bonds. The summed E-state index contributed by atoms with van der Waals surface area (Å²) in [6, 6.07) is 8.92. The maximum Gasteiger partial charge on any atom is 0.00723 e. The molecule has 142 valence electrons. The van der Waals surface area contributed by atoms with Gasteiger partial charge in [0.1, 0.15) is 0 Å². The predicted octanol–water partition coefficient (Wildman–Crippen LogP) is 8.48. The summed E-state index contributed by atoms with van der Waals surface area (Å²) in [5.74, 6) is 1.21. The molecule has 0 atom stereocenters. The molecule has 0 saturated carbocycles. The summed E-state index contributed by atoms with van der Waals surface area (Å²) in [6.07, 6.45) is 15.7. The Bertz CT molecular complexity index is 627. The minimum Gasteiger partial charge on any atom is -0.126 e. The summed E-state index contributed by atoms with van der Waals surface area (Å²) < 4.78 is 0. The Balaban J connectivity index is 0.00000163. The van der Waals surface area contributed by atoms with Gasteiger partial charge in [-0.25, -0.2) is 0 Å². The fraction of sp³-hybridized carbons (Fsp3) is 0.440. The van der Waals surface area contributed by atoms with Gasteiger partial charge in [-0.1, -0.05) is 90.1 Å². The zero-order valence-corrected chi connectivity index (χ0v) is 18.2. The lowest BCUT2D eigenvalue weighted by Crippen LogP contribution is -2.16. The Labute approximate surface area is 166 Å². The number of thioether (sulfide) groups is 1. The van der Waals surface area contributed by atoms with Crippen LogP contribution in [0.15, 0.2) is 71.2 Å². The van der Waals surface area contributed by atoms with Crippen LogP contribution in [0.2, 0.25) is 0 Å². The smallest absolute Gasteiger partial charge is 0.00723 e. The summed E-state index contributed by atoms with van der Waals surface area (Å²) >= 11 is 1.95. The highest BCUT2D eigenvalue weighted by Gasteiger charge is 2.24. The topological polar surface area (TPSA) is 0 Å². The van der Waals surface area contributed by atoms with E-state index in [9.17, 15) is 0 Å². The van der Waals surface area contributed by atoms with Crippen LogP contribution in [-0.4, -0.2) is 5.75 Å². The second-order valence-electron chi connectivity index (χ2n) is 7.32. The highest BCUT2D eigenvalue weighted by molar-refractivity contribution is 7.99. The molecule has 0 heterocycles. The summed E-state index contributed by atoms with van der Waals surface area (Å²) in [5.41, 5.74) is 4.38. The van der Waals surface area contributed by atoms with Gasteiger partial charge in [0.15, 0.2) is 0 Å². The minimum absolute atomic E-state index is 0.322. The number of hydrogen-bond donors (Lipinski definition) is 0. The molecule has 0 spiro atoms. The third-order valence-electron chi connectivity index (χ3n) is 4.20. The van der Waals surface area contributed by atoms with E-state index >= 15 is 0 Å². The van der Waals surface area contributed by atoms with Gasteiger partial charge in [-0.05, 0) is 59.3 Å². The summed E-state index contributed by atoms with van der Waals surface area (Å²) in [4.78, 5) is 1.37. The molecule has 1 aromatic carbocycles. The molecule has 26 heavy (non-hydrogen) atoms. The van der Waals surface area contributed by atoms with Crippen LogP contribution in [0.4, 0.5) is 0 Å². The molecule has 1 aromatic rings. The maximum atomic E-state index is 3.83. The highest BCUT2D eigenvalue weighted by atomic mass is 32.2. The number of rotatable bonds is 7. The van der Waals surface area contributed by atoms with Crippen molar-refractivity contribution in [3.8, 4) is 0 Å². The molecular weight excluding hydrogens is 332 g/mol. The van der Waals surface area contributed by atoms with Gasteiger partial charge in [-0.2, -0.15) is 0 Å². The average molecular weight is 369 g/mol. The fourth-order valence-electron chi connectivity index (χ4n) is 3.09. The van der Waals surface area contributed by atoms with E-state index in [1.807, 2.05) is 31.7 Å². The van der Waals surface area contributed by atoms with E-state index in [0.29, 0.717) is 5.41 Å². The van der Waals surface area contributed by atoms with Crippen LogP contribution in [0.3, 0.4) is 0 Å². The van der Waals surface area contributed by atoms with Crippen molar-refractivity contribution >= 4 is 17.8 Å². The number of benzene rings is 1. The van der Waals surface area contributed by atoms with E-state index in [-0.39, 0.29) is 0 Å². The number of hydrogen-bond acceptors (Lipinski definition) is 1. The lowest BCUT2D eigenvalue weighted by Gasteiger charge is -2.30. The van der Waals surface area contributed by atoms with Crippen molar-refractivity contribution in [2.75, 3.05) is 5.75 Å². The quantitative estimate of drug-likeness (QED) is 0.343. The number of allylic oxidation sites excluding steroid dienone is 6. The van der Waals surface area contributed by atoms with Crippen LogP contribution >= 0.6 is 11.8 Å². The Hall–Kier alpha value is -1.47. The van der Waals surface area contributed by atoms with Crippen LogP contribution in [0, 0.1) is 5.41 Å². The second kappa shape index (κ2) is 12.0. The first-order chi connectivity index (χ1) is 12.5. The zero-order valence-electron chi connectivity index (χ0n) is 17.3. The van der Waals surface area contributed by atoms with Gasteiger partial charge in [0, 0.05) is 4.90 Å². The normalized spacial score (nSPS) is 17.6. The van der Waals surface area contributed by atoms with E-state index in [1.165, 1.54) is 40.2 Å². The second-order valence-corrected chi connectivity index (χ2v) is 8.49. The lowest BCUT2D eigenvalue weighted by atomic mass is 9.75. The van der Waals surface area contributed by atoms with Crippen LogP contribution in [0.25, 0.3) is 6.08 Å². The molecule has 2 rings (SSSR count). The van der Waals surface area contributed by atoms with Gasteiger partial charge in [-0.3, -0.25) is 0 Å². The van der Waals surface area contributed by atoms with Gasteiger partial charge in [0.05, 0.1) is 0 Å². The van der Waals surface area contributed by atoms with Crippen LogP contribution in [0.5, 0.6) is 0 Å². The Morgan fingerprint density at radius 1 is 1.08 bits per heavy atom. The molecule has 0 aliphatic heterocycles. The molecule has 0 N–H and O–H groups in total. The van der Waals surface area contributed by atoms with Crippen molar-refractivity contribution in [3.05, 3.63) is 71.9 Å². The molecule has 0 nitrogen and oxygen atoms in total. The molecule has 0 unspecified atom stereocenters. The first kappa shape index (κ1) is 22.6. The Morgan fingerprint density at radius 2 is 1.77 bits per heavy atom. The van der Waals surface area contributed by atoms with Crippen LogP contribution < -0.4 is 0 Å². The maximum absolute atomic E-state index is 3.83. The highest BCUT2D eigenvalue weighted by Crippen LogP contribution is 2.38. The molecule has 0 radical (unpaired) electrons. The third kappa shape index (κ3) is 8.27. The molecular formula is C25H36S. The van der Waals surface area contributed by atoms with Gasteiger partial charge in [0.25, 0.3) is 0 Å². The van der Waals surface area contributed by atoms with Crippen molar-refractivity contribution in [3.63, 3.8) is 0 Å². The van der Waals surface area contributed by atoms with Gasteiger partial charge in [-0.15, -0.1) is 11.8 Å². The van der Waals surface area contributed by atoms with Crippen molar-refractivity contribution in [2.45, 2.75) is 65.2 Å². The van der Waals surface area contributed by atoms with Crippen LogP contribution in [0.1, 0.15) is 65.9 Å². The van der Waals surface area contributed by atoms with E-state index in [0.717, 1.165) is 12.8 Å². The average Bonchev–Trinajstić information content (AvgIpc) is 2.62. The van der Waals surface area contributed by atoms with Crippen molar-refractivity contribution in [2.24, 2.45) is 5.41 Å². The lowest BCUT2D eigenvalue weighted by molar-refractivity contribution is 0.355. The SMILES string of the molecule is C=C/C=C1C=C(/C=C/c2ccc(SCCCC)cc2)CC(C)(C)C/1.CC. The van der Waals surface area contributed by atoms with E-state index in [2.05, 4.69) is 75.9 Å². The fourth-order valence-corrected chi connectivity index (χ4v) is 4.08. The molecule has 0 saturated heterocycles. The molecule has 1 aliphatic rings. The Kier molecular flexibility index (Phi) is 10.4. The first-order valence-electron chi connectivity index (χ1n) is 9.95. The molecule has 1 heteroatoms. The van der Waals surface area contributed by atoms with Gasteiger partial charge in [0.2, 0.25) is 0 Å². The first-order valence-corrected chi connectivity index (χ1v) is 10.9. The monoisotopic (exact) mass is 368 g/mol. The zero-order chi connectivity index (χ0) is 19.4. The van der Waals surface area contributed by atoms with E-state index in [1.54, 1.807) is 0 Å². The standard InChI is InChI=1S/C23H30S.C2H6/c1-5-7-15-24-22-13-11-19(12-14-22)9-10-21-16-20(8-6-2)17-23(3,4)18-21;1-2/h6,8-14,16H,2,5,7,15,17-18H2,1,3-4H3;1-2H3/b10-9+,20-8-;. The minimum atomic E-state index is 0.322. The van der Waals surface area contributed by atoms with Gasteiger partial charge < -0.3 is 0 Å². The largest absolute Gasteiger partial charge is 0.126 e. The molecule has 0 bridgehead atoms. The Morgan fingerprint density at radius 3 is 2.38 bits per heavy atom. The predicted molar refractivity (Wildman–Crippen MR) is 122 cm³/mol.